The first-order valence-corrected chi connectivity index (χ1v) is 8.12. The standard InChI is InChI=1S/C17H25N3O2/c1-2-3-4-5-13-22-16(21)14-7-9-15(10-8-14)20-17-18-11-6-12-19-17/h7-10H,2-6,11-13H2,1H3,(H2,18,19,20). The lowest BCUT2D eigenvalue weighted by molar-refractivity contribution is 0.0498. The van der Waals surface area contributed by atoms with E-state index in [1.807, 2.05) is 12.1 Å². The van der Waals surface area contributed by atoms with E-state index in [9.17, 15) is 4.79 Å². The number of carbonyl (C=O) groups is 1. The third-order valence-electron chi connectivity index (χ3n) is 3.51. The molecule has 1 aromatic carbocycles. The number of esters is 1. The lowest BCUT2D eigenvalue weighted by Crippen LogP contribution is -2.35. The second kappa shape index (κ2) is 9.07. The molecule has 0 fully saturated rings. The molecule has 120 valence electrons. The maximum absolute atomic E-state index is 11.9. The number of anilines is 1. The zero-order chi connectivity index (χ0) is 15.6. The molecule has 0 atom stereocenters. The van der Waals surface area contributed by atoms with E-state index >= 15 is 0 Å². The number of aliphatic imine (C=N–C) groups is 1. The smallest absolute Gasteiger partial charge is 0.338 e. The summed E-state index contributed by atoms with van der Waals surface area (Å²) in [5.74, 6) is 0.536. The van der Waals surface area contributed by atoms with Gasteiger partial charge in [-0.2, -0.15) is 0 Å². The summed E-state index contributed by atoms with van der Waals surface area (Å²) >= 11 is 0. The molecule has 0 aromatic heterocycles. The predicted molar refractivity (Wildman–Crippen MR) is 89.4 cm³/mol. The molecule has 1 heterocycles. The second-order valence-electron chi connectivity index (χ2n) is 5.41. The topological polar surface area (TPSA) is 62.7 Å². The predicted octanol–water partition coefficient (Wildman–Crippen LogP) is 3.18. The Hall–Kier alpha value is -2.04. The summed E-state index contributed by atoms with van der Waals surface area (Å²) < 4.78 is 5.27. The number of ether oxygens (including phenoxy) is 1. The first-order chi connectivity index (χ1) is 10.8. The van der Waals surface area contributed by atoms with Crippen LogP contribution in [-0.4, -0.2) is 31.6 Å². The van der Waals surface area contributed by atoms with Crippen LogP contribution < -0.4 is 10.6 Å². The number of rotatable bonds is 7. The molecule has 1 aromatic rings. The van der Waals surface area contributed by atoms with Gasteiger partial charge >= 0.3 is 5.97 Å². The van der Waals surface area contributed by atoms with Crippen molar-refractivity contribution < 1.29 is 9.53 Å². The minimum atomic E-state index is -0.254. The lowest BCUT2D eigenvalue weighted by Gasteiger charge is -2.16. The van der Waals surface area contributed by atoms with E-state index in [1.165, 1.54) is 12.8 Å². The summed E-state index contributed by atoms with van der Waals surface area (Å²) in [5.41, 5.74) is 1.49. The molecule has 0 bridgehead atoms. The Morgan fingerprint density at radius 3 is 2.77 bits per heavy atom. The largest absolute Gasteiger partial charge is 0.462 e. The first kappa shape index (κ1) is 16.3. The number of unbranched alkanes of at least 4 members (excludes halogenated alkanes) is 3. The highest BCUT2D eigenvalue weighted by Gasteiger charge is 2.08. The maximum atomic E-state index is 11.9. The van der Waals surface area contributed by atoms with Crippen molar-refractivity contribution in [2.24, 2.45) is 4.99 Å². The van der Waals surface area contributed by atoms with Crippen LogP contribution >= 0.6 is 0 Å². The highest BCUT2D eigenvalue weighted by Crippen LogP contribution is 2.11. The van der Waals surface area contributed by atoms with Crippen LogP contribution in [0.25, 0.3) is 0 Å². The molecule has 2 N–H and O–H groups in total. The number of hydrogen-bond donors (Lipinski definition) is 2. The van der Waals surface area contributed by atoms with Crippen LogP contribution in [0.2, 0.25) is 0 Å². The van der Waals surface area contributed by atoms with Crippen LogP contribution in [-0.2, 0) is 4.74 Å². The van der Waals surface area contributed by atoms with Crippen molar-refractivity contribution >= 4 is 17.6 Å². The van der Waals surface area contributed by atoms with Crippen molar-refractivity contribution in [1.29, 1.82) is 0 Å². The Kier molecular flexibility index (Phi) is 6.74. The molecule has 1 aliphatic heterocycles. The lowest BCUT2D eigenvalue weighted by atomic mass is 10.2. The van der Waals surface area contributed by atoms with Gasteiger partial charge in [-0.3, -0.25) is 4.99 Å². The summed E-state index contributed by atoms with van der Waals surface area (Å²) in [6.45, 7) is 4.45. The van der Waals surface area contributed by atoms with Gasteiger partial charge in [0.15, 0.2) is 5.96 Å². The van der Waals surface area contributed by atoms with Crippen molar-refractivity contribution in [3.05, 3.63) is 29.8 Å². The van der Waals surface area contributed by atoms with Crippen molar-refractivity contribution in [2.75, 3.05) is 25.0 Å². The molecule has 5 heteroatoms. The highest BCUT2D eigenvalue weighted by molar-refractivity contribution is 5.95. The van der Waals surface area contributed by atoms with E-state index in [0.717, 1.165) is 44.0 Å². The van der Waals surface area contributed by atoms with E-state index in [1.54, 1.807) is 12.1 Å². The molecule has 0 saturated heterocycles. The van der Waals surface area contributed by atoms with Crippen LogP contribution in [0, 0.1) is 0 Å². The number of nitrogens with one attached hydrogen (secondary N) is 2. The van der Waals surface area contributed by atoms with Gasteiger partial charge in [-0.25, -0.2) is 4.79 Å². The molecule has 0 amide bonds. The fourth-order valence-corrected chi connectivity index (χ4v) is 2.22. The molecule has 5 nitrogen and oxygen atoms in total. The fourth-order valence-electron chi connectivity index (χ4n) is 2.22. The van der Waals surface area contributed by atoms with E-state index < -0.39 is 0 Å². The average Bonchev–Trinajstić information content (AvgIpc) is 2.56. The van der Waals surface area contributed by atoms with E-state index in [2.05, 4.69) is 22.5 Å². The van der Waals surface area contributed by atoms with Crippen LogP contribution in [0.3, 0.4) is 0 Å². The number of carbonyl (C=O) groups excluding carboxylic acids is 1. The quantitative estimate of drug-likeness (QED) is 0.600. The molecule has 0 spiro atoms. The highest BCUT2D eigenvalue weighted by atomic mass is 16.5. The number of hydrogen-bond acceptors (Lipinski definition) is 5. The van der Waals surface area contributed by atoms with Gasteiger partial charge in [0.2, 0.25) is 0 Å². The minimum Gasteiger partial charge on any atom is -0.462 e. The van der Waals surface area contributed by atoms with Crippen LogP contribution in [0.4, 0.5) is 5.69 Å². The van der Waals surface area contributed by atoms with E-state index in [-0.39, 0.29) is 5.97 Å². The zero-order valence-corrected chi connectivity index (χ0v) is 13.2. The van der Waals surface area contributed by atoms with Crippen molar-refractivity contribution in [3.63, 3.8) is 0 Å². The Morgan fingerprint density at radius 2 is 2.09 bits per heavy atom. The van der Waals surface area contributed by atoms with Gasteiger partial charge in [0.05, 0.1) is 12.2 Å². The molecule has 0 aliphatic carbocycles. The SMILES string of the molecule is CCCCCCOC(=O)c1ccc(NC2=NCCCN2)cc1. The van der Waals surface area contributed by atoms with E-state index in [0.29, 0.717) is 12.2 Å². The summed E-state index contributed by atoms with van der Waals surface area (Å²) in [6, 6.07) is 7.29. The Bertz CT molecular complexity index is 497. The molecule has 2 rings (SSSR count). The monoisotopic (exact) mass is 303 g/mol. The molecule has 1 aliphatic rings. The zero-order valence-electron chi connectivity index (χ0n) is 13.2. The number of guanidine groups is 1. The number of nitrogens with zero attached hydrogens (tertiary/aromatic N) is 1. The van der Waals surface area contributed by atoms with Gasteiger partial charge in [0.25, 0.3) is 0 Å². The van der Waals surface area contributed by atoms with Gasteiger partial charge in [-0.05, 0) is 37.1 Å². The third kappa shape index (κ3) is 5.39. The third-order valence-corrected chi connectivity index (χ3v) is 3.51. The second-order valence-corrected chi connectivity index (χ2v) is 5.41. The van der Waals surface area contributed by atoms with Gasteiger partial charge < -0.3 is 15.4 Å². The molecule has 0 unspecified atom stereocenters. The number of benzene rings is 1. The normalized spacial score (nSPS) is 14.0. The fraction of sp³-hybridized carbons (Fsp3) is 0.529. The van der Waals surface area contributed by atoms with Gasteiger partial charge in [0.1, 0.15) is 0 Å². The van der Waals surface area contributed by atoms with Gasteiger partial charge in [0, 0.05) is 18.8 Å². The first-order valence-electron chi connectivity index (χ1n) is 8.12. The average molecular weight is 303 g/mol. The van der Waals surface area contributed by atoms with E-state index in [4.69, 9.17) is 4.74 Å². The Balaban J connectivity index is 1.78. The Morgan fingerprint density at radius 1 is 1.27 bits per heavy atom. The summed E-state index contributed by atoms with van der Waals surface area (Å²) in [6.07, 6.45) is 5.49. The van der Waals surface area contributed by atoms with Gasteiger partial charge in [-0.15, -0.1) is 0 Å². The summed E-state index contributed by atoms with van der Waals surface area (Å²) in [4.78, 5) is 16.2. The van der Waals surface area contributed by atoms with Crippen LogP contribution in [0.1, 0.15) is 49.4 Å². The Labute approximate surface area is 132 Å². The molecule has 22 heavy (non-hydrogen) atoms. The molecule has 0 radical (unpaired) electrons. The van der Waals surface area contributed by atoms with Crippen molar-refractivity contribution in [1.82, 2.24) is 5.32 Å². The van der Waals surface area contributed by atoms with Gasteiger partial charge in [-0.1, -0.05) is 26.2 Å². The summed E-state index contributed by atoms with van der Waals surface area (Å²) in [5, 5.41) is 6.40. The maximum Gasteiger partial charge on any atom is 0.338 e. The minimum absolute atomic E-state index is 0.254. The molecule has 0 saturated carbocycles. The van der Waals surface area contributed by atoms with Crippen molar-refractivity contribution in [3.8, 4) is 0 Å². The van der Waals surface area contributed by atoms with Crippen LogP contribution in [0.15, 0.2) is 29.3 Å². The van der Waals surface area contributed by atoms with Crippen molar-refractivity contribution in [2.45, 2.75) is 39.0 Å². The molecular formula is C17H25N3O2. The molecular weight excluding hydrogens is 278 g/mol. The van der Waals surface area contributed by atoms with Crippen LogP contribution in [0.5, 0.6) is 0 Å². The summed E-state index contributed by atoms with van der Waals surface area (Å²) in [7, 11) is 0.